The Balaban J connectivity index is 1.70. The van der Waals surface area contributed by atoms with Gasteiger partial charge in [0.05, 0.1) is 0 Å². The lowest BCUT2D eigenvalue weighted by atomic mass is 9.89. The molecule has 0 saturated heterocycles. The van der Waals surface area contributed by atoms with E-state index >= 15 is 0 Å². The molecule has 1 aliphatic carbocycles. The van der Waals surface area contributed by atoms with Gasteiger partial charge in [-0.25, -0.2) is 0 Å². The van der Waals surface area contributed by atoms with Gasteiger partial charge in [0, 0.05) is 11.5 Å². The fourth-order valence-electron chi connectivity index (χ4n) is 2.84. The largest absolute Gasteiger partial charge is 0.300 e. The van der Waals surface area contributed by atoms with E-state index in [1.165, 1.54) is 28.9 Å². The quantitative estimate of drug-likeness (QED) is 0.916. The number of carbonyl (C=O) groups is 1. The predicted octanol–water partition coefficient (Wildman–Crippen LogP) is 4.34. The Kier molecular flexibility index (Phi) is 4.52. The first-order valence-electron chi connectivity index (χ1n) is 7.85. The molecule has 1 aromatic heterocycles. The van der Waals surface area contributed by atoms with Crippen LogP contribution < -0.4 is 5.32 Å². The smallest absolute Gasteiger partial charge is 0.229 e. The number of benzene rings is 1. The molecule has 22 heavy (non-hydrogen) atoms. The van der Waals surface area contributed by atoms with Crippen LogP contribution in [0.3, 0.4) is 0 Å². The van der Waals surface area contributed by atoms with Crippen molar-refractivity contribution >= 4 is 22.4 Å². The van der Waals surface area contributed by atoms with E-state index in [2.05, 4.69) is 47.6 Å². The fourth-order valence-corrected chi connectivity index (χ4v) is 3.58. The maximum Gasteiger partial charge on any atom is 0.229 e. The molecule has 0 radical (unpaired) electrons. The van der Waals surface area contributed by atoms with Crippen molar-refractivity contribution in [2.24, 2.45) is 5.92 Å². The zero-order valence-corrected chi connectivity index (χ0v) is 13.9. The van der Waals surface area contributed by atoms with Crippen molar-refractivity contribution in [3.8, 4) is 10.6 Å². The minimum atomic E-state index is 0.0995. The molecule has 0 spiro atoms. The van der Waals surface area contributed by atoms with Crippen molar-refractivity contribution < 1.29 is 4.79 Å². The van der Waals surface area contributed by atoms with E-state index in [4.69, 9.17) is 0 Å². The molecule has 0 aliphatic heterocycles. The lowest BCUT2D eigenvalue weighted by molar-refractivity contribution is -0.120. The molecule has 1 saturated carbocycles. The molecule has 0 unspecified atom stereocenters. The van der Waals surface area contributed by atoms with E-state index in [0.717, 1.165) is 36.3 Å². The van der Waals surface area contributed by atoms with E-state index in [1.807, 2.05) is 0 Å². The van der Waals surface area contributed by atoms with Crippen LogP contribution in [0.25, 0.3) is 10.6 Å². The van der Waals surface area contributed by atoms with Gasteiger partial charge in [-0.15, -0.1) is 10.2 Å². The fraction of sp³-hybridized carbons (Fsp3) is 0.471. The van der Waals surface area contributed by atoms with Gasteiger partial charge in [0.2, 0.25) is 11.0 Å². The van der Waals surface area contributed by atoms with E-state index < -0.39 is 0 Å². The van der Waals surface area contributed by atoms with E-state index in [-0.39, 0.29) is 11.8 Å². The molecule has 1 amide bonds. The van der Waals surface area contributed by atoms with Gasteiger partial charge in [0.15, 0.2) is 0 Å². The molecule has 1 aromatic carbocycles. The van der Waals surface area contributed by atoms with Gasteiger partial charge >= 0.3 is 0 Å². The first kappa shape index (κ1) is 15.2. The number of rotatable bonds is 3. The van der Waals surface area contributed by atoms with Crippen molar-refractivity contribution in [3.63, 3.8) is 0 Å². The number of anilines is 1. The average Bonchev–Trinajstić information content (AvgIpc) is 2.99. The molecule has 4 nitrogen and oxygen atoms in total. The Morgan fingerprint density at radius 2 is 1.91 bits per heavy atom. The first-order chi connectivity index (χ1) is 10.6. The van der Waals surface area contributed by atoms with Crippen LogP contribution in [0.5, 0.6) is 0 Å². The SMILES string of the molecule is Cc1ccc(-c2nnc(NC(=O)C3CCCCC3)s2)cc1C. The van der Waals surface area contributed by atoms with E-state index in [1.54, 1.807) is 0 Å². The molecule has 0 atom stereocenters. The van der Waals surface area contributed by atoms with Crippen molar-refractivity contribution in [2.75, 3.05) is 5.32 Å². The number of nitrogens with zero attached hydrogens (tertiary/aromatic N) is 2. The third-order valence-electron chi connectivity index (χ3n) is 4.38. The van der Waals surface area contributed by atoms with Gasteiger partial charge in [-0.3, -0.25) is 4.79 Å². The summed E-state index contributed by atoms with van der Waals surface area (Å²) >= 11 is 1.44. The Bertz CT molecular complexity index is 674. The molecule has 3 rings (SSSR count). The number of aromatic nitrogens is 2. The lowest BCUT2D eigenvalue weighted by Gasteiger charge is -2.19. The van der Waals surface area contributed by atoms with Gasteiger partial charge in [0.25, 0.3) is 0 Å². The second-order valence-corrected chi connectivity index (χ2v) is 7.01. The van der Waals surface area contributed by atoms with E-state index in [9.17, 15) is 4.79 Å². The van der Waals surface area contributed by atoms with Gasteiger partial charge in [-0.2, -0.15) is 0 Å². The standard InChI is InChI=1S/C17H21N3OS/c1-11-8-9-14(10-12(11)2)16-19-20-17(22-16)18-15(21)13-6-4-3-5-7-13/h8-10,13H,3-7H2,1-2H3,(H,18,20,21). The zero-order valence-electron chi connectivity index (χ0n) is 13.1. The summed E-state index contributed by atoms with van der Waals surface area (Å²) in [7, 11) is 0. The molecule has 116 valence electrons. The summed E-state index contributed by atoms with van der Waals surface area (Å²) in [5.41, 5.74) is 3.55. The lowest BCUT2D eigenvalue weighted by Crippen LogP contribution is -2.24. The molecule has 1 N–H and O–H groups in total. The van der Waals surface area contributed by atoms with Crippen LogP contribution >= 0.6 is 11.3 Å². The maximum absolute atomic E-state index is 12.2. The van der Waals surface area contributed by atoms with Crippen LogP contribution in [-0.2, 0) is 4.79 Å². The molecular weight excluding hydrogens is 294 g/mol. The number of aryl methyl sites for hydroxylation is 2. The highest BCUT2D eigenvalue weighted by Crippen LogP contribution is 2.29. The van der Waals surface area contributed by atoms with Crippen LogP contribution in [0.4, 0.5) is 5.13 Å². The summed E-state index contributed by atoms with van der Waals surface area (Å²) in [6.07, 6.45) is 5.55. The van der Waals surface area contributed by atoms with Crippen molar-refractivity contribution in [3.05, 3.63) is 29.3 Å². The number of hydrogen-bond acceptors (Lipinski definition) is 4. The van der Waals surface area contributed by atoms with Gasteiger partial charge in [-0.1, -0.05) is 42.7 Å². The number of hydrogen-bond donors (Lipinski definition) is 1. The second-order valence-electron chi connectivity index (χ2n) is 6.04. The summed E-state index contributed by atoms with van der Waals surface area (Å²) in [5.74, 6) is 0.241. The molecule has 2 aromatic rings. The molecular formula is C17H21N3OS. The minimum absolute atomic E-state index is 0.0995. The van der Waals surface area contributed by atoms with Crippen molar-refractivity contribution in [1.82, 2.24) is 10.2 Å². The minimum Gasteiger partial charge on any atom is -0.300 e. The van der Waals surface area contributed by atoms with Gasteiger partial charge in [0.1, 0.15) is 5.01 Å². The van der Waals surface area contributed by atoms with Crippen LogP contribution in [0.15, 0.2) is 18.2 Å². The van der Waals surface area contributed by atoms with Crippen molar-refractivity contribution in [1.29, 1.82) is 0 Å². The Labute approximate surface area is 135 Å². The first-order valence-corrected chi connectivity index (χ1v) is 8.67. The number of amides is 1. The average molecular weight is 315 g/mol. The Morgan fingerprint density at radius 1 is 1.14 bits per heavy atom. The predicted molar refractivity (Wildman–Crippen MR) is 90.0 cm³/mol. The summed E-state index contributed by atoms with van der Waals surface area (Å²) in [6.45, 7) is 4.18. The number of carbonyl (C=O) groups excluding carboxylic acids is 1. The van der Waals surface area contributed by atoms with Crippen molar-refractivity contribution in [2.45, 2.75) is 46.0 Å². The molecule has 1 fully saturated rings. The summed E-state index contributed by atoms with van der Waals surface area (Å²) in [5, 5.41) is 12.7. The highest BCUT2D eigenvalue weighted by atomic mass is 32.1. The summed E-state index contributed by atoms with van der Waals surface area (Å²) in [4.78, 5) is 12.2. The highest BCUT2D eigenvalue weighted by molar-refractivity contribution is 7.18. The third kappa shape index (κ3) is 3.35. The van der Waals surface area contributed by atoms with Gasteiger partial charge in [-0.05, 0) is 43.9 Å². The molecule has 1 heterocycles. The van der Waals surface area contributed by atoms with Crippen LogP contribution in [-0.4, -0.2) is 16.1 Å². The topological polar surface area (TPSA) is 54.9 Å². The maximum atomic E-state index is 12.2. The monoisotopic (exact) mass is 315 g/mol. The highest BCUT2D eigenvalue weighted by Gasteiger charge is 2.22. The van der Waals surface area contributed by atoms with E-state index in [0.29, 0.717) is 5.13 Å². The summed E-state index contributed by atoms with van der Waals surface area (Å²) < 4.78 is 0. The van der Waals surface area contributed by atoms with Gasteiger partial charge < -0.3 is 5.32 Å². The van der Waals surface area contributed by atoms with Crippen LogP contribution in [0.2, 0.25) is 0 Å². The Morgan fingerprint density at radius 3 is 2.64 bits per heavy atom. The van der Waals surface area contributed by atoms with Crippen LogP contribution in [0.1, 0.15) is 43.2 Å². The second kappa shape index (κ2) is 6.57. The Hall–Kier alpha value is -1.75. The molecule has 1 aliphatic rings. The molecule has 0 bridgehead atoms. The zero-order chi connectivity index (χ0) is 15.5. The third-order valence-corrected chi connectivity index (χ3v) is 5.27. The molecule has 5 heteroatoms. The summed E-state index contributed by atoms with van der Waals surface area (Å²) in [6, 6.07) is 6.25. The number of nitrogens with one attached hydrogen (secondary N) is 1. The normalized spacial score (nSPS) is 15.7. The van der Waals surface area contributed by atoms with Crippen LogP contribution in [0, 0.1) is 19.8 Å².